The minimum atomic E-state index is -1.49. The van der Waals surface area contributed by atoms with Gasteiger partial charge in [0.2, 0.25) is 0 Å². The van der Waals surface area contributed by atoms with Crippen LogP contribution in [0, 0.1) is 5.82 Å². The average Bonchev–Trinajstić information content (AvgIpc) is 2.81. The summed E-state index contributed by atoms with van der Waals surface area (Å²) < 4.78 is 30.7. The standard InChI is InChI=1S/C25H31FN4O2S/c1-5-18(15-25(2,3)33(27)31)22-14-23(28-16-17-9-11-21(32-4)12-10-17)29-30-24(22)19-7-6-8-20(26)13-19/h6-14,18H,5,15-16,27H2,1-4H3,(H,28,29)/t18-,33?/m1/s1. The SMILES string of the molecule is CC[C@H](CC(C)(C)S(N)=O)c1cc(NCc2ccc(OC)cc2)nnc1-c1cccc(F)c1. The Morgan fingerprint density at radius 3 is 2.48 bits per heavy atom. The number of ether oxygens (including phenoxy) is 1. The second kappa shape index (κ2) is 10.9. The number of anilines is 1. The molecule has 6 nitrogen and oxygen atoms in total. The Labute approximate surface area is 197 Å². The van der Waals surface area contributed by atoms with Crippen molar-refractivity contribution in [1.29, 1.82) is 0 Å². The quantitative estimate of drug-likeness (QED) is 0.426. The van der Waals surface area contributed by atoms with Crippen LogP contribution >= 0.6 is 0 Å². The van der Waals surface area contributed by atoms with Crippen LogP contribution in [0.3, 0.4) is 0 Å². The molecule has 1 unspecified atom stereocenters. The van der Waals surface area contributed by atoms with Crippen LogP contribution in [0.1, 0.15) is 50.7 Å². The van der Waals surface area contributed by atoms with E-state index in [1.165, 1.54) is 12.1 Å². The predicted octanol–water partition coefficient (Wildman–Crippen LogP) is 5.19. The highest BCUT2D eigenvalue weighted by Crippen LogP contribution is 2.37. The molecule has 1 heterocycles. The fraction of sp³-hybridized carbons (Fsp3) is 0.360. The molecule has 3 rings (SSSR count). The normalized spacial score (nSPS) is 13.4. The number of rotatable bonds is 10. The van der Waals surface area contributed by atoms with Gasteiger partial charge in [0.15, 0.2) is 0 Å². The summed E-state index contributed by atoms with van der Waals surface area (Å²) in [5.41, 5.74) is 3.27. The molecule has 0 fully saturated rings. The number of methoxy groups -OCH3 is 1. The summed E-state index contributed by atoms with van der Waals surface area (Å²) in [6, 6.07) is 16.1. The highest BCUT2D eigenvalue weighted by atomic mass is 32.2. The number of nitrogens with zero attached hydrogens (tertiary/aromatic N) is 2. The first kappa shape index (κ1) is 24.8. The van der Waals surface area contributed by atoms with E-state index in [1.807, 2.05) is 50.2 Å². The van der Waals surface area contributed by atoms with E-state index >= 15 is 0 Å². The molecule has 3 N–H and O–H groups in total. The summed E-state index contributed by atoms with van der Waals surface area (Å²) >= 11 is 0. The van der Waals surface area contributed by atoms with Crippen LogP contribution in [-0.4, -0.2) is 26.3 Å². The van der Waals surface area contributed by atoms with Gasteiger partial charge in [0.1, 0.15) is 17.4 Å². The molecule has 0 bridgehead atoms. The first-order chi connectivity index (χ1) is 15.7. The van der Waals surface area contributed by atoms with Gasteiger partial charge >= 0.3 is 0 Å². The Balaban J connectivity index is 1.95. The van der Waals surface area contributed by atoms with Crippen LogP contribution in [0.25, 0.3) is 11.3 Å². The van der Waals surface area contributed by atoms with Gasteiger partial charge in [-0.3, -0.25) is 5.14 Å². The molecule has 8 heteroatoms. The van der Waals surface area contributed by atoms with Crippen molar-refractivity contribution in [3.8, 4) is 17.0 Å². The van der Waals surface area contributed by atoms with Gasteiger partial charge in [-0.25, -0.2) is 8.60 Å². The van der Waals surface area contributed by atoms with Gasteiger partial charge in [-0.1, -0.05) is 31.2 Å². The van der Waals surface area contributed by atoms with E-state index in [2.05, 4.69) is 22.4 Å². The van der Waals surface area contributed by atoms with Crippen molar-refractivity contribution >= 4 is 16.8 Å². The number of nitrogens with two attached hydrogens (primary N) is 1. The summed E-state index contributed by atoms with van der Waals surface area (Å²) in [7, 11) is 0.150. The third-order valence-electron chi connectivity index (χ3n) is 5.77. The van der Waals surface area contributed by atoms with E-state index in [9.17, 15) is 8.60 Å². The van der Waals surface area contributed by atoms with Crippen molar-refractivity contribution in [3.63, 3.8) is 0 Å². The maximum absolute atomic E-state index is 14.0. The Morgan fingerprint density at radius 1 is 1.15 bits per heavy atom. The molecular formula is C25H31FN4O2S. The smallest absolute Gasteiger partial charge is 0.149 e. The molecule has 33 heavy (non-hydrogen) atoms. The van der Waals surface area contributed by atoms with Crippen molar-refractivity contribution in [1.82, 2.24) is 10.2 Å². The van der Waals surface area contributed by atoms with Gasteiger partial charge in [0, 0.05) is 12.1 Å². The molecule has 176 valence electrons. The molecule has 2 atom stereocenters. The van der Waals surface area contributed by atoms with Crippen molar-refractivity contribution < 1.29 is 13.3 Å². The molecule has 0 aliphatic heterocycles. The summed E-state index contributed by atoms with van der Waals surface area (Å²) in [5.74, 6) is 1.10. The van der Waals surface area contributed by atoms with Gasteiger partial charge in [-0.15, -0.1) is 10.2 Å². The minimum Gasteiger partial charge on any atom is -0.497 e. The van der Waals surface area contributed by atoms with E-state index in [-0.39, 0.29) is 11.7 Å². The monoisotopic (exact) mass is 470 g/mol. The lowest BCUT2D eigenvalue weighted by atomic mass is 9.86. The molecule has 0 aliphatic rings. The van der Waals surface area contributed by atoms with Gasteiger partial charge < -0.3 is 10.1 Å². The van der Waals surface area contributed by atoms with Crippen LogP contribution in [0.5, 0.6) is 5.75 Å². The minimum absolute atomic E-state index is 0.0165. The fourth-order valence-corrected chi connectivity index (χ4v) is 4.12. The van der Waals surface area contributed by atoms with Gasteiger partial charge in [-0.2, -0.15) is 0 Å². The van der Waals surface area contributed by atoms with Gasteiger partial charge in [-0.05, 0) is 74.1 Å². The van der Waals surface area contributed by atoms with Gasteiger partial charge in [0.05, 0.1) is 28.5 Å². The first-order valence-electron chi connectivity index (χ1n) is 10.9. The van der Waals surface area contributed by atoms with Crippen molar-refractivity contribution in [2.24, 2.45) is 5.14 Å². The van der Waals surface area contributed by atoms with Crippen molar-refractivity contribution in [3.05, 3.63) is 71.5 Å². The zero-order valence-corrected chi connectivity index (χ0v) is 20.3. The first-order valence-corrected chi connectivity index (χ1v) is 12.1. The van der Waals surface area contributed by atoms with E-state index < -0.39 is 15.7 Å². The van der Waals surface area contributed by atoms with Crippen molar-refractivity contribution in [2.45, 2.75) is 50.8 Å². The Kier molecular flexibility index (Phi) is 8.15. The Hall–Kier alpha value is -2.84. The topological polar surface area (TPSA) is 90.1 Å². The summed E-state index contributed by atoms with van der Waals surface area (Å²) in [6.45, 7) is 6.42. The fourth-order valence-electron chi connectivity index (χ4n) is 3.75. The molecule has 0 spiro atoms. The summed E-state index contributed by atoms with van der Waals surface area (Å²) in [6.07, 6.45) is 1.38. The third-order valence-corrected chi connectivity index (χ3v) is 7.03. The summed E-state index contributed by atoms with van der Waals surface area (Å²) in [5, 5.41) is 17.9. The van der Waals surface area contributed by atoms with E-state index in [0.717, 1.165) is 23.3 Å². The molecular weight excluding hydrogens is 439 g/mol. The predicted molar refractivity (Wildman–Crippen MR) is 132 cm³/mol. The van der Waals surface area contributed by atoms with Gasteiger partial charge in [0.25, 0.3) is 0 Å². The molecule has 0 saturated carbocycles. The molecule has 3 aromatic rings. The average molecular weight is 471 g/mol. The highest BCUT2D eigenvalue weighted by molar-refractivity contribution is 7.84. The molecule has 1 aromatic heterocycles. The van der Waals surface area contributed by atoms with E-state index in [4.69, 9.17) is 9.88 Å². The maximum atomic E-state index is 14.0. The Bertz CT molecular complexity index is 1110. The lowest BCUT2D eigenvalue weighted by Gasteiger charge is -2.28. The second-order valence-corrected chi connectivity index (χ2v) is 10.3. The Morgan fingerprint density at radius 2 is 1.88 bits per heavy atom. The van der Waals surface area contributed by atoms with Crippen LogP contribution in [0.4, 0.5) is 10.2 Å². The number of hydrogen-bond acceptors (Lipinski definition) is 5. The van der Waals surface area contributed by atoms with Crippen LogP contribution < -0.4 is 15.2 Å². The third kappa shape index (κ3) is 6.36. The van der Waals surface area contributed by atoms with Crippen LogP contribution in [0.2, 0.25) is 0 Å². The highest BCUT2D eigenvalue weighted by Gasteiger charge is 2.30. The number of benzene rings is 2. The van der Waals surface area contributed by atoms with E-state index in [1.54, 1.807) is 13.2 Å². The summed E-state index contributed by atoms with van der Waals surface area (Å²) in [4.78, 5) is 0. The number of hydrogen-bond donors (Lipinski definition) is 2. The molecule has 2 aromatic carbocycles. The zero-order valence-electron chi connectivity index (χ0n) is 19.5. The van der Waals surface area contributed by atoms with Crippen LogP contribution in [0.15, 0.2) is 54.6 Å². The number of aromatic nitrogens is 2. The lowest BCUT2D eigenvalue weighted by molar-refractivity contribution is 0.414. The molecule has 0 radical (unpaired) electrons. The van der Waals surface area contributed by atoms with Crippen LogP contribution in [-0.2, 0) is 17.5 Å². The van der Waals surface area contributed by atoms with E-state index in [0.29, 0.717) is 30.0 Å². The molecule has 0 saturated heterocycles. The molecule has 0 aliphatic carbocycles. The number of halogens is 1. The maximum Gasteiger partial charge on any atom is 0.149 e. The largest absolute Gasteiger partial charge is 0.497 e. The molecule has 0 amide bonds. The zero-order chi connectivity index (χ0) is 24.0. The lowest BCUT2D eigenvalue weighted by Crippen LogP contribution is -2.33. The number of nitrogens with one attached hydrogen (secondary N) is 1. The second-order valence-electron chi connectivity index (χ2n) is 8.61. The van der Waals surface area contributed by atoms with Crippen molar-refractivity contribution in [2.75, 3.05) is 12.4 Å².